The second kappa shape index (κ2) is 5.95. The van der Waals surface area contributed by atoms with E-state index in [-0.39, 0.29) is 24.3 Å². The van der Waals surface area contributed by atoms with Crippen molar-refractivity contribution in [1.29, 1.82) is 0 Å². The van der Waals surface area contributed by atoms with Gasteiger partial charge in [-0.05, 0) is 19.9 Å². The minimum atomic E-state index is -0.978. The number of aliphatic carboxylic acids is 1. The van der Waals surface area contributed by atoms with Gasteiger partial charge in [0.05, 0.1) is 6.42 Å². The Morgan fingerprint density at radius 1 is 1.38 bits per heavy atom. The number of carboxylic acid groups (broad SMARTS) is 1. The molecule has 2 aromatic rings. The number of hydrogen-bond acceptors (Lipinski definition) is 3. The average molecular weight is 293 g/mol. The van der Waals surface area contributed by atoms with Gasteiger partial charge in [-0.25, -0.2) is 4.39 Å². The number of aryl methyl sites for hydroxylation is 1. The monoisotopic (exact) mass is 293 g/mol. The maximum absolute atomic E-state index is 13.7. The fourth-order valence-electron chi connectivity index (χ4n) is 2.19. The summed E-state index contributed by atoms with van der Waals surface area (Å²) in [7, 11) is 0. The van der Waals surface area contributed by atoms with E-state index in [1.807, 2.05) is 0 Å². The Bertz CT molecular complexity index is 692. The predicted molar refractivity (Wildman–Crippen MR) is 74.7 cm³/mol. The largest absolute Gasteiger partial charge is 0.481 e. The Morgan fingerprint density at radius 3 is 2.67 bits per heavy atom. The van der Waals surface area contributed by atoms with Crippen LogP contribution in [0, 0.1) is 12.7 Å². The molecule has 5 nitrogen and oxygen atoms in total. The number of benzene rings is 1. The van der Waals surface area contributed by atoms with Crippen molar-refractivity contribution in [3.63, 3.8) is 0 Å². The molecular weight excluding hydrogens is 277 g/mol. The van der Waals surface area contributed by atoms with Crippen LogP contribution in [0.2, 0.25) is 0 Å². The zero-order valence-corrected chi connectivity index (χ0v) is 11.9. The highest BCUT2D eigenvalue weighted by Gasteiger charge is 2.23. The summed E-state index contributed by atoms with van der Waals surface area (Å²) in [5.41, 5.74) is 0.607. The average Bonchev–Trinajstić information content (AvgIpc) is 2.78. The number of halogens is 1. The van der Waals surface area contributed by atoms with Crippen molar-refractivity contribution in [3.05, 3.63) is 35.3 Å². The van der Waals surface area contributed by atoms with Crippen molar-refractivity contribution >= 4 is 22.8 Å². The van der Waals surface area contributed by atoms with Gasteiger partial charge in [0.15, 0.2) is 17.2 Å². The van der Waals surface area contributed by atoms with Crippen LogP contribution in [0.5, 0.6) is 0 Å². The van der Waals surface area contributed by atoms with Crippen molar-refractivity contribution in [2.24, 2.45) is 0 Å². The van der Waals surface area contributed by atoms with Gasteiger partial charge in [0.2, 0.25) is 0 Å². The van der Waals surface area contributed by atoms with Gasteiger partial charge in [0.1, 0.15) is 0 Å². The first kappa shape index (κ1) is 15.0. The minimum Gasteiger partial charge on any atom is -0.481 e. The van der Waals surface area contributed by atoms with Gasteiger partial charge in [-0.1, -0.05) is 12.1 Å². The molecule has 1 amide bonds. The maximum atomic E-state index is 13.7. The van der Waals surface area contributed by atoms with E-state index in [1.165, 1.54) is 11.0 Å². The van der Waals surface area contributed by atoms with Crippen molar-refractivity contribution in [3.8, 4) is 0 Å². The molecule has 0 radical (unpaired) electrons. The number of amides is 1. The van der Waals surface area contributed by atoms with E-state index in [9.17, 15) is 14.0 Å². The number of para-hydroxylation sites is 1. The fourth-order valence-corrected chi connectivity index (χ4v) is 2.19. The molecule has 1 N–H and O–H groups in total. The Morgan fingerprint density at radius 2 is 2.10 bits per heavy atom. The first-order valence-electron chi connectivity index (χ1n) is 6.64. The van der Waals surface area contributed by atoms with E-state index >= 15 is 0 Å². The van der Waals surface area contributed by atoms with Crippen LogP contribution in [0.15, 0.2) is 22.6 Å². The lowest BCUT2D eigenvalue weighted by molar-refractivity contribution is -0.137. The molecule has 1 aromatic carbocycles. The van der Waals surface area contributed by atoms with Gasteiger partial charge in [-0.3, -0.25) is 9.59 Å². The smallest absolute Gasteiger partial charge is 0.305 e. The molecule has 0 saturated carbocycles. The van der Waals surface area contributed by atoms with Crippen LogP contribution in [0.4, 0.5) is 4.39 Å². The molecule has 0 aliphatic heterocycles. The van der Waals surface area contributed by atoms with Gasteiger partial charge in [0, 0.05) is 24.0 Å². The standard InChI is InChI=1S/C15H16FNO4/c1-3-17(8-7-12(18)19)15(20)13-9(2)10-5-4-6-11(16)14(10)21-13/h4-6H,3,7-8H2,1-2H3,(H,18,19). The summed E-state index contributed by atoms with van der Waals surface area (Å²) in [5.74, 6) is -1.87. The van der Waals surface area contributed by atoms with E-state index in [4.69, 9.17) is 9.52 Å². The summed E-state index contributed by atoms with van der Waals surface area (Å²) in [6, 6.07) is 4.50. The minimum absolute atomic E-state index is 0.0487. The van der Waals surface area contributed by atoms with Crippen LogP contribution in [-0.2, 0) is 4.79 Å². The second-order valence-electron chi connectivity index (χ2n) is 4.70. The number of rotatable bonds is 5. The first-order chi connectivity index (χ1) is 9.95. The molecule has 0 aliphatic rings. The zero-order valence-electron chi connectivity index (χ0n) is 11.9. The number of carbonyl (C=O) groups is 2. The third-order valence-electron chi connectivity index (χ3n) is 3.37. The maximum Gasteiger partial charge on any atom is 0.305 e. The van der Waals surface area contributed by atoms with E-state index in [2.05, 4.69) is 0 Å². The number of furan rings is 1. The van der Waals surface area contributed by atoms with Gasteiger partial charge in [-0.15, -0.1) is 0 Å². The Balaban J connectivity index is 2.36. The third-order valence-corrected chi connectivity index (χ3v) is 3.37. The first-order valence-corrected chi connectivity index (χ1v) is 6.64. The molecule has 21 heavy (non-hydrogen) atoms. The molecule has 1 heterocycles. The number of nitrogens with zero attached hydrogens (tertiary/aromatic N) is 1. The summed E-state index contributed by atoms with van der Waals surface area (Å²) in [6.07, 6.45) is -0.146. The Labute approximate surface area is 121 Å². The van der Waals surface area contributed by atoms with Crippen LogP contribution in [0.3, 0.4) is 0 Å². The molecule has 112 valence electrons. The molecule has 2 rings (SSSR count). The summed E-state index contributed by atoms with van der Waals surface area (Å²) in [4.78, 5) is 24.4. The molecule has 1 aromatic heterocycles. The second-order valence-corrected chi connectivity index (χ2v) is 4.70. The lowest BCUT2D eigenvalue weighted by Crippen LogP contribution is -2.33. The molecule has 6 heteroatoms. The molecule has 0 unspecified atom stereocenters. The van der Waals surface area contributed by atoms with E-state index < -0.39 is 17.7 Å². The van der Waals surface area contributed by atoms with Crippen molar-refractivity contribution in [1.82, 2.24) is 4.90 Å². The van der Waals surface area contributed by atoms with Crippen LogP contribution in [0.1, 0.15) is 29.5 Å². The van der Waals surface area contributed by atoms with Gasteiger partial charge < -0.3 is 14.4 Å². The summed E-state index contributed by atoms with van der Waals surface area (Å²) < 4.78 is 19.1. The lowest BCUT2D eigenvalue weighted by atomic mass is 10.1. The normalized spacial score (nSPS) is 10.8. The number of carbonyl (C=O) groups excluding carboxylic acids is 1. The van der Waals surface area contributed by atoms with Crippen molar-refractivity contribution in [2.75, 3.05) is 13.1 Å². The Kier molecular flexibility index (Phi) is 4.26. The van der Waals surface area contributed by atoms with Gasteiger partial charge in [-0.2, -0.15) is 0 Å². The number of carboxylic acids is 1. The highest BCUT2D eigenvalue weighted by atomic mass is 19.1. The topological polar surface area (TPSA) is 70.8 Å². The van der Waals surface area contributed by atoms with E-state index in [0.29, 0.717) is 17.5 Å². The highest BCUT2D eigenvalue weighted by molar-refractivity contribution is 5.99. The highest BCUT2D eigenvalue weighted by Crippen LogP contribution is 2.28. The summed E-state index contributed by atoms with van der Waals surface area (Å²) in [5, 5.41) is 9.25. The molecular formula is C15H16FNO4. The van der Waals surface area contributed by atoms with Gasteiger partial charge in [0.25, 0.3) is 5.91 Å². The molecule has 0 bridgehead atoms. The summed E-state index contributed by atoms with van der Waals surface area (Å²) in [6.45, 7) is 3.87. The van der Waals surface area contributed by atoms with E-state index in [1.54, 1.807) is 26.0 Å². The SMILES string of the molecule is CCN(CCC(=O)O)C(=O)c1oc2c(F)cccc2c1C. The quantitative estimate of drug-likeness (QED) is 0.920. The molecule has 0 fully saturated rings. The number of fused-ring (bicyclic) bond motifs is 1. The molecule has 0 atom stereocenters. The van der Waals surface area contributed by atoms with Crippen molar-refractivity contribution in [2.45, 2.75) is 20.3 Å². The third kappa shape index (κ3) is 2.89. The van der Waals surface area contributed by atoms with Crippen LogP contribution >= 0.6 is 0 Å². The Hall–Kier alpha value is -2.37. The molecule has 0 saturated heterocycles. The number of hydrogen-bond donors (Lipinski definition) is 1. The van der Waals surface area contributed by atoms with Crippen LogP contribution < -0.4 is 0 Å². The predicted octanol–water partition coefficient (Wildman–Crippen LogP) is 2.82. The van der Waals surface area contributed by atoms with Crippen molar-refractivity contribution < 1.29 is 23.5 Å². The molecule has 0 spiro atoms. The molecule has 0 aliphatic carbocycles. The lowest BCUT2D eigenvalue weighted by Gasteiger charge is -2.18. The van der Waals surface area contributed by atoms with E-state index in [0.717, 1.165) is 0 Å². The van der Waals surface area contributed by atoms with Crippen LogP contribution in [-0.4, -0.2) is 35.0 Å². The fraction of sp³-hybridized carbons (Fsp3) is 0.333. The van der Waals surface area contributed by atoms with Crippen LogP contribution in [0.25, 0.3) is 11.0 Å². The summed E-state index contributed by atoms with van der Waals surface area (Å²) >= 11 is 0. The zero-order chi connectivity index (χ0) is 15.6. The van der Waals surface area contributed by atoms with Gasteiger partial charge >= 0.3 is 5.97 Å².